The first-order chi connectivity index (χ1) is 5.52. The summed E-state index contributed by atoms with van der Waals surface area (Å²) in [6.07, 6.45) is 0. The number of hydrogen-bond acceptors (Lipinski definition) is 4. The number of carbonyl (C=O) groups is 1. The Morgan fingerprint density at radius 2 is 1.62 bits per heavy atom. The Balaban J connectivity index is 0.00000144. The van der Waals surface area contributed by atoms with E-state index >= 15 is 0 Å². The summed E-state index contributed by atoms with van der Waals surface area (Å²) in [6, 6.07) is 1.56. The summed E-state index contributed by atoms with van der Waals surface area (Å²) < 4.78 is 0. The van der Waals surface area contributed by atoms with E-state index in [2.05, 4.69) is 0 Å². The first-order valence-corrected chi connectivity index (χ1v) is 2.98. The van der Waals surface area contributed by atoms with E-state index in [0.29, 0.717) is 0 Å². The summed E-state index contributed by atoms with van der Waals surface area (Å²) in [5.74, 6) is -3.83. The zero-order valence-electron chi connectivity index (χ0n) is 6.26. The van der Waals surface area contributed by atoms with Gasteiger partial charge in [-0.05, 0) is 17.9 Å². The molecule has 66 valence electrons. The zero-order valence-corrected chi connectivity index (χ0v) is 9.74. The van der Waals surface area contributed by atoms with Gasteiger partial charge in [0.15, 0.2) is 0 Å². The second-order valence-electron chi connectivity index (χ2n) is 2.15. The average molecular weight is 378 g/mol. The molecule has 0 saturated carbocycles. The normalized spacial score (nSPS) is 8.92. The zero-order chi connectivity index (χ0) is 9.30. The molecule has 0 saturated heterocycles. The summed E-state index contributed by atoms with van der Waals surface area (Å²) in [5.41, 5.74) is -0.329. The number of benzene rings is 1. The molecule has 0 heterocycles. The molecule has 0 atom stereocenters. The Morgan fingerprint density at radius 1 is 1.23 bits per heavy atom. The van der Waals surface area contributed by atoms with Gasteiger partial charge in [-0.3, -0.25) is 0 Å². The summed E-state index contributed by atoms with van der Waals surface area (Å²) in [7, 11) is 0. The van der Waals surface area contributed by atoms with Gasteiger partial charge < -0.3 is 20.4 Å². The molecule has 13 heavy (non-hydrogen) atoms. The van der Waals surface area contributed by atoms with Gasteiger partial charge in [0.2, 0.25) is 0 Å². The number of hydrogen-bond donors (Lipinski definition) is 3. The molecular weight excluding hydrogens is 373 g/mol. The van der Waals surface area contributed by atoms with Crippen LogP contribution in [0.2, 0.25) is 0 Å². The Kier molecular flexibility index (Phi) is 3.94. The number of phenolic OH excluding ortho intramolecular Hbond substituents is 2. The summed E-state index contributed by atoms with van der Waals surface area (Å²) in [4.78, 5) is 10.3. The molecule has 0 unspecified atom stereocenters. The van der Waals surface area contributed by atoms with E-state index in [9.17, 15) is 9.90 Å². The van der Waals surface area contributed by atoms with Crippen molar-refractivity contribution in [3.63, 3.8) is 0 Å². The quantitative estimate of drug-likeness (QED) is 0.572. The van der Waals surface area contributed by atoms with Crippen LogP contribution in [0.5, 0.6) is 17.2 Å². The number of rotatable bonds is 1. The average Bonchev–Trinajstić information content (AvgIpc) is 1.99. The molecule has 0 amide bonds. The maximum absolute atomic E-state index is 10.7. The van der Waals surface area contributed by atoms with Gasteiger partial charge in [-0.1, -0.05) is 0 Å². The molecule has 0 spiro atoms. The van der Waals surface area contributed by atoms with Gasteiger partial charge in [0.1, 0.15) is 11.5 Å². The van der Waals surface area contributed by atoms with E-state index in [1.165, 1.54) is 0 Å². The fourth-order valence-corrected chi connectivity index (χ4v) is 0.722. The molecule has 5 nitrogen and oxygen atoms in total. The van der Waals surface area contributed by atoms with Crippen LogP contribution >= 0.6 is 0 Å². The largest absolute Gasteiger partial charge is 3.00 e. The van der Waals surface area contributed by atoms with Crippen LogP contribution in [0.1, 0.15) is 10.4 Å². The molecule has 0 aliphatic rings. The van der Waals surface area contributed by atoms with E-state index in [4.69, 9.17) is 15.3 Å². The van der Waals surface area contributed by atoms with Crippen molar-refractivity contribution in [2.75, 3.05) is 0 Å². The minimum Gasteiger partial charge on any atom is -0.867 e. The van der Waals surface area contributed by atoms with Gasteiger partial charge in [-0.25, -0.2) is 4.79 Å². The van der Waals surface area contributed by atoms with Gasteiger partial charge in [-0.2, -0.15) is 0 Å². The number of carboxylic acid groups (broad SMARTS) is 1. The van der Waals surface area contributed by atoms with Gasteiger partial charge in [0.25, 0.3) is 0 Å². The number of aromatic carboxylic acids is 1. The van der Waals surface area contributed by atoms with Crippen molar-refractivity contribution in [1.82, 2.24) is 0 Å². The maximum Gasteiger partial charge on any atom is 3.00 e. The molecule has 3 N–H and O–H groups in total. The summed E-state index contributed by atoms with van der Waals surface area (Å²) >= 11 is 0. The second-order valence-corrected chi connectivity index (χ2v) is 2.15. The van der Waals surface area contributed by atoms with Crippen LogP contribution in [0.25, 0.3) is 0 Å². The first-order valence-electron chi connectivity index (χ1n) is 2.98. The SMILES string of the molecule is O=C(O)c1cc(O)c([O-])c(O)c1.[Bi+3]. The standard InChI is InChI=1S/C7H6O5.Bi/c8-4-1-3(7(11)12)2-5(9)6(4)10;/h1-2,8-10H,(H,11,12);/q;+3/p-1. The molecule has 0 aromatic heterocycles. The van der Waals surface area contributed by atoms with Crippen molar-refractivity contribution in [2.24, 2.45) is 0 Å². The Morgan fingerprint density at radius 3 is 1.92 bits per heavy atom. The third kappa shape index (κ3) is 2.45. The number of aromatic hydroxyl groups is 2. The fraction of sp³-hybridized carbons (Fsp3) is 0. The second kappa shape index (κ2) is 4.28. The van der Waals surface area contributed by atoms with Crippen molar-refractivity contribution in [3.8, 4) is 17.2 Å². The predicted molar refractivity (Wildman–Crippen MR) is 41.9 cm³/mol. The molecular formula is C7H5BiO5+2. The van der Waals surface area contributed by atoms with E-state index in [1.54, 1.807) is 0 Å². The van der Waals surface area contributed by atoms with Crippen molar-refractivity contribution in [3.05, 3.63) is 17.7 Å². The molecule has 2 radical (unpaired) electrons. The van der Waals surface area contributed by atoms with Crippen LogP contribution in [0.15, 0.2) is 12.1 Å². The van der Waals surface area contributed by atoms with Crippen LogP contribution in [-0.4, -0.2) is 47.5 Å². The first kappa shape index (κ1) is 12.0. The number of phenols is 2. The smallest absolute Gasteiger partial charge is 0.867 e. The van der Waals surface area contributed by atoms with Crippen molar-refractivity contribution in [1.29, 1.82) is 0 Å². The van der Waals surface area contributed by atoms with Crippen LogP contribution in [0.3, 0.4) is 0 Å². The third-order valence-electron chi connectivity index (χ3n) is 1.30. The fourth-order valence-electron chi connectivity index (χ4n) is 0.722. The molecule has 1 aromatic rings. The van der Waals surface area contributed by atoms with Crippen LogP contribution in [0.4, 0.5) is 0 Å². The Hall–Kier alpha value is -1.03. The van der Waals surface area contributed by atoms with Crippen LogP contribution < -0.4 is 5.11 Å². The van der Waals surface area contributed by atoms with Gasteiger partial charge in [-0.15, -0.1) is 0 Å². The molecule has 1 aromatic carbocycles. The van der Waals surface area contributed by atoms with Crippen molar-refractivity contribution in [2.45, 2.75) is 0 Å². The van der Waals surface area contributed by atoms with E-state index in [1.807, 2.05) is 0 Å². The molecule has 0 fully saturated rings. The molecule has 0 bridgehead atoms. The van der Waals surface area contributed by atoms with Gasteiger partial charge >= 0.3 is 32.2 Å². The molecule has 1 rings (SSSR count). The van der Waals surface area contributed by atoms with Crippen molar-refractivity contribution < 1.29 is 25.2 Å². The molecule has 0 aliphatic heterocycles. The topological polar surface area (TPSA) is 101 Å². The summed E-state index contributed by atoms with van der Waals surface area (Å²) in [5, 5.41) is 36.6. The van der Waals surface area contributed by atoms with Crippen LogP contribution in [-0.2, 0) is 0 Å². The van der Waals surface area contributed by atoms with Crippen LogP contribution in [0, 0.1) is 0 Å². The molecule has 0 aliphatic carbocycles. The predicted octanol–water partition coefficient (Wildman–Crippen LogP) is -0.511. The van der Waals surface area contributed by atoms with E-state index < -0.39 is 23.2 Å². The van der Waals surface area contributed by atoms with Gasteiger partial charge in [0.05, 0.1) is 5.56 Å². The Labute approximate surface area is 92.4 Å². The van der Waals surface area contributed by atoms with Gasteiger partial charge in [0, 0.05) is 0 Å². The van der Waals surface area contributed by atoms with E-state index in [-0.39, 0.29) is 31.8 Å². The minimum atomic E-state index is -1.32. The maximum atomic E-state index is 10.7. The number of carboxylic acids is 1. The molecule has 6 heteroatoms. The van der Waals surface area contributed by atoms with E-state index in [0.717, 1.165) is 12.1 Å². The Bertz CT molecular complexity index is 313. The summed E-state index contributed by atoms with van der Waals surface area (Å²) in [6.45, 7) is 0. The minimum absolute atomic E-state index is 0. The third-order valence-corrected chi connectivity index (χ3v) is 1.30. The monoisotopic (exact) mass is 378 g/mol. The van der Waals surface area contributed by atoms with Crippen molar-refractivity contribution >= 4 is 32.2 Å².